The van der Waals surface area contributed by atoms with E-state index in [2.05, 4.69) is 10.4 Å². The van der Waals surface area contributed by atoms with Crippen LogP contribution in [0.1, 0.15) is 24.4 Å². The number of nitrogens with one attached hydrogen (secondary N) is 1. The average Bonchev–Trinajstić information content (AvgIpc) is 2.89. The molecule has 2 aromatic rings. The zero-order chi connectivity index (χ0) is 27.9. The third-order valence-electron chi connectivity index (χ3n) is 5.75. The second-order valence-electron chi connectivity index (χ2n) is 8.26. The second kappa shape index (κ2) is 13.5. The molecular weight excluding hydrogens is 569 g/mol. The number of halogens is 4. The first kappa shape index (κ1) is 30.0. The Labute approximate surface area is 227 Å². The fourth-order valence-electron chi connectivity index (χ4n) is 3.69. The van der Waals surface area contributed by atoms with Gasteiger partial charge in [0.15, 0.2) is 9.84 Å². The first-order valence-corrected chi connectivity index (χ1v) is 14.4. The largest absolute Gasteiger partial charge is 0.385 e. The van der Waals surface area contributed by atoms with Crippen LogP contribution in [0.4, 0.5) is 24.5 Å². The summed E-state index contributed by atoms with van der Waals surface area (Å²) in [6.07, 6.45) is 2.45. The monoisotopic (exact) mass is 594 g/mol. The molecule has 3 heterocycles. The Balaban J connectivity index is 0.000000427. The van der Waals surface area contributed by atoms with E-state index >= 15 is 0 Å². The molecule has 0 atom stereocenters. The predicted octanol–water partition coefficient (Wildman–Crippen LogP) is 3.31. The van der Waals surface area contributed by atoms with E-state index in [0.717, 1.165) is 12.1 Å². The number of hydrogen-bond acceptors (Lipinski definition) is 10. The van der Waals surface area contributed by atoms with E-state index in [1.165, 1.54) is 16.9 Å². The lowest BCUT2D eigenvalue weighted by Gasteiger charge is -2.34. The molecular formula is C22H26ClF3N6O4S2. The molecule has 0 spiro atoms. The van der Waals surface area contributed by atoms with Crippen LogP contribution in [0, 0.1) is 17.1 Å². The van der Waals surface area contributed by atoms with Gasteiger partial charge in [0, 0.05) is 32.3 Å². The molecule has 1 N–H and O–H groups in total. The number of rotatable bonds is 6. The van der Waals surface area contributed by atoms with Gasteiger partial charge in [-0.1, -0.05) is 11.6 Å². The summed E-state index contributed by atoms with van der Waals surface area (Å²) in [5.41, 5.74) is -0.230. The fourth-order valence-corrected chi connectivity index (χ4v) is 5.80. The SMILES string of the molecule is CNc1cnn(C2CCN(SN(c3ccc(C#N)cc3F)C(F)F)CC2)c(=O)c1Cl.O=S1(=O)CCOCC1. The number of anilines is 2. The molecule has 4 rings (SSSR count). The number of benzene rings is 1. The van der Waals surface area contributed by atoms with Crippen molar-refractivity contribution in [3.05, 3.63) is 51.2 Å². The number of nitriles is 1. The minimum absolute atomic E-state index is 0.0458. The van der Waals surface area contributed by atoms with Crippen LogP contribution in [-0.4, -0.2) is 73.9 Å². The van der Waals surface area contributed by atoms with Crippen LogP contribution >= 0.6 is 23.7 Å². The van der Waals surface area contributed by atoms with Crippen LogP contribution in [0.25, 0.3) is 0 Å². The minimum Gasteiger partial charge on any atom is -0.385 e. The van der Waals surface area contributed by atoms with Crippen molar-refractivity contribution in [2.75, 3.05) is 54.5 Å². The van der Waals surface area contributed by atoms with Gasteiger partial charge in [0.05, 0.1) is 60.0 Å². The zero-order valence-electron chi connectivity index (χ0n) is 20.3. The summed E-state index contributed by atoms with van der Waals surface area (Å²) < 4.78 is 70.9. The van der Waals surface area contributed by atoms with E-state index in [9.17, 15) is 26.4 Å². The summed E-state index contributed by atoms with van der Waals surface area (Å²) in [6, 6.07) is 4.93. The molecule has 1 aromatic carbocycles. The van der Waals surface area contributed by atoms with E-state index in [-0.39, 0.29) is 33.8 Å². The molecule has 38 heavy (non-hydrogen) atoms. The maximum absolute atomic E-state index is 14.2. The van der Waals surface area contributed by atoms with Crippen LogP contribution in [0.3, 0.4) is 0 Å². The molecule has 2 saturated heterocycles. The van der Waals surface area contributed by atoms with Crippen LogP contribution in [0.2, 0.25) is 5.02 Å². The summed E-state index contributed by atoms with van der Waals surface area (Å²) >= 11 is 6.77. The summed E-state index contributed by atoms with van der Waals surface area (Å²) in [6.45, 7) is -1.43. The molecule has 0 amide bonds. The Morgan fingerprint density at radius 2 is 1.95 bits per heavy atom. The molecule has 208 valence electrons. The molecule has 16 heteroatoms. The van der Waals surface area contributed by atoms with Crippen LogP contribution in [0.15, 0.2) is 29.2 Å². The average molecular weight is 595 g/mol. The van der Waals surface area contributed by atoms with E-state index in [1.807, 2.05) is 0 Å². The molecule has 2 fully saturated rings. The van der Waals surface area contributed by atoms with Gasteiger partial charge in [-0.05, 0) is 31.0 Å². The van der Waals surface area contributed by atoms with Crippen molar-refractivity contribution >= 4 is 44.9 Å². The van der Waals surface area contributed by atoms with Crippen LogP contribution in [0.5, 0.6) is 0 Å². The third kappa shape index (κ3) is 7.76. The van der Waals surface area contributed by atoms with Gasteiger partial charge in [0.2, 0.25) is 0 Å². The Kier molecular flexibility index (Phi) is 10.7. The summed E-state index contributed by atoms with van der Waals surface area (Å²) in [5.74, 6) is -0.494. The number of nitrogens with zero attached hydrogens (tertiary/aromatic N) is 5. The van der Waals surface area contributed by atoms with Crippen LogP contribution in [-0.2, 0) is 14.6 Å². The molecule has 0 aliphatic carbocycles. The first-order valence-electron chi connectivity index (χ1n) is 11.5. The maximum atomic E-state index is 14.2. The van der Waals surface area contributed by atoms with E-state index < -0.39 is 27.8 Å². The van der Waals surface area contributed by atoms with Gasteiger partial charge in [-0.25, -0.2) is 26.1 Å². The number of piperidine rings is 1. The topological polar surface area (TPSA) is 121 Å². The fraction of sp³-hybridized carbons (Fsp3) is 0.500. The van der Waals surface area contributed by atoms with Gasteiger partial charge < -0.3 is 10.1 Å². The van der Waals surface area contributed by atoms with Gasteiger partial charge in [0.1, 0.15) is 10.8 Å². The minimum atomic E-state index is -2.95. The standard InChI is InChI=1S/C18H18ClF3N6OS.C4H8O3S/c1-24-14-10-25-27(17(29)16(14)19)12-4-6-26(7-5-12)30-28(18(21)22)15-3-2-11(9-23)8-13(15)20;5-8(6)3-1-7-2-4-8/h2-3,8,10,12,18,24H,4-7H2,1H3;1-4H2. The Bertz CT molecular complexity index is 1310. The van der Waals surface area contributed by atoms with Crippen LogP contribution < -0.4 is 15.2 Å². The molecule has 0 unspecified atom stereocenters. The van der Waals surface area contributed by atoms with E-state index in [4.69, 9.17) is 21.6 Å². The van der Waals surface area contributed by atoms with Gasteiger partial charge in [0.25, 0.3) is 5.56 Å². The molecule has 0 radical (unpaired) electrons. The Morgan fingerprint density at radius 3 is 2.45 bits per heavy atom. The van der Waals surface area contributed by atoms with Crippen molar-refractivity contribution in [2.45, 2.75) is 25.4 Å². The highest BCUT2D eigenvalue weighted by molar-refractivity contribution is 7.98. The summed E-state index contributed by atoms with van der Waals surface area (Å²) in [5, 5.41) is 15.8. The lowest BCUT2D eigenvalue weighted by Crippen LogP contribution is -2.38. The maximum Gasteiger partial charge on any atom is 0.325 e. The first-order chi connectivity index (χ1) is 18.1. The molecule has 1 aromatic heterocycles. The number of alkyl halides is 2. The third-order valence-corrected chi connectivity index (χ3v) is 8.83. The summed E-state index contributed by atoms with van der Waals surface area (Å²) in [7, 11) is -1.07. The Hall–Kier alpha value is -2.51. The lowest BCUT2D eigenvalue weighted by atomic mass is 10.1. The highest BCUT2D eigenvalue weighted by Gasteiger charge is 2.29. The van der Waals surface area contributed by atoms with Gasteiger partial charge >= 0.3 is 6.55 Å². The van der Waals surface area contributed by atoms with E-state index in [1.54, 1.807) is 17.4 Å². The zero-order valence-corrected chi connectivity index (χ0v) is 22.7. The number of sulfone groups is 1. The van der Waals surface area contributed by atoms with Crippen molar-refractivity contribution in [1.82, 2.24) is 14.1 Å². The van der Waals surface area contributed by atoms with Crippen molar-refractivity contribution < 1.29 is 26.3 Å². The number of aromatic nitrogens is 2. The predicted molar refractivity (Wildman–Crippen MR) is 140 cm³/mol. The number of hydrogen-bond donors (Lipinski definition) is 1. The molecule has 2 aliphatic rings. The number of ether oxygens (including phenoxy) is 1. The van der Waals surface area contributed by atoms with E-state index in [0.29, 0.717) is 61.3 Å². The van der Waals surface area contributed by atoms with Crippen molar-refractivity contribution in [3.8, 4) is 6.07 Å². The Morgan fingerprint density at radius 1 is 1.29 bits per heavy atom. The van der Waals surface area contributed by atoms with Crippen molar-refractivity contribution in [3.63, 3.8) is 0 Å². The summed E-state index contributed by atoms with van der Waals surface area (Å²) in [4.78, 5) is 12.4. The smallest absolute Gasteiger partial charge is 0.325 e. The molecule has 0 bridgehead atoms. The van der Waals surface area contributed by atoms with Crippen molar-refractivity contribution in [2.24, 2.45) is 0 Å². The molecule has 0 saturated carbocycles. The highest BCUT2D eigenvalue weighted by Crippen LogP contribution is 2.34. The van der Waals surface area contributed by atoms with Crippen molar-refractivity contribution in [1.29, 1.82) is 5.26 Å². The lowest BCUT2D eigenvalue weighted by molar-refractivity contribution is 0.156. The molecule has 10 nitrogen and oxygen atoms in total. The van der Waals surface area contributed by atoms with Gasteiger partial charge in [-0.15, -0.1) is 0 Å². The molecule has 2 aliphatic heterocycles. The van der Waals surface area contributed by atoms with Gasteiger partial charge in [-0.2, -0.15) is 19.1 Å². The van der Waals surface area contributed by atoms with Gasteiger partial charge in [-0.3, -0.25) is 4.79 Å². The normalized spacial score (nSPS) is 17.8. The quantitative estimate of drug-likeness (QED) is 0.394. The second-order valence-corrected chi connectivity index (χ2v) is 12.0. The highest BCUT2D eigenvalue weighted by atomic mass is 35.5.